The number of nitrogens with zero attached hydrogens (tertiary/aromatic N) is 3. The molecule has 1 aliphatic heterocycles. The topological polar surface area (TPSA) is 61.7 Å². The van der Waals surface area contributed by atoms with Crippen LogP contribution < -0.4 is 10.9 Å². The highest BCUT2D eigenvalue weighted by molar-refractivity contribution is 8.13. The number of hydrogen-bond donors (Lipinski definition) is 2. The maximum absolute atomic E-state index is 4.13. The van der Waals surface area contributed by atoms with Crippen molar-refractivity contribution in [3.8, 4) is 0 Å². The van der Waals surface area contributed by atoms with Gasteiger partial charge in [0.2, 0.25) is 5.17 Å². The number of hydrogen-bond acceptors (Lipinski definition) is 6. The lowest BCUT2D eigenvalue weighted by atomic mass is 10.2. The van der Waals surface area contributed by atoms with Crippen LogP contribution in [0, 0.1) is 0 Å². The van der Waals surface area contributed by atoms with Gasteiger partial charge in [-0.3, -0.25) is 15.8 Å². The summed E-state index contributed by atoms with van der Waals surface area (Å²) in [4.78, 5) is 3.93. The second-order valence-corrected chi connectivity index (χ2v) is 3.34. The SMILES string of the molecule is CSC1=NNC(c2ccncc2)=NN1. The molecule has 2 heterocycles. The van der Waals surface area contributed by atoms with Gasteiger partial charge in [-0.05, 0) is 18.4 Å². The Balaban J connectivity index is 2.13. The highest BCUT2D eigenvalue weighted by atomic mass is 32.2. The van der Waals surface area contributed by atoms with Crippen molar-refractivity contribution in [2.24, 2.45) is 10.2 Å². The van der Waals surface area contributed by atoms with Gasteiger partial charge in [-0.1, -0.05) is 11.8 Å². The van der Waals surface area contributed by atoms with Crippen LogP contribution in [0.1, 0.15) is 5.56 Å². The van der Waals surface area contributed by atoms with E-state index in [1.807, 2.05) is 18.4 Å². The van der Waals surface area contributed by atoms with Crippen LogP contribution in [0.4, 0.5) is 0 Å². The number of aromatic nitrogens is 1. The fraction of sp³-hybridized carbons (Fsp3) is 0.125. The fourth-order valence-electron chi connectivity index (χ4n) is 0.988. The molecule has 0 saturated carbocycles. The van der Waals surface area contributed by atoms with Gasteiger partial charge in [-0.25, -0.2) is 0 Å². The Bertz CT molecular complexity index is 373. The lowest BCUT2D eigenvalue weighted by Crippen LogP contribution is -2.32. The molecule has 1 aromatic heterocycles. The molecule has 0 amide bonds. The molecule has 2 N–H and O–H groups in total. The minimum Gasteiger partial charge on any atom is -0.265 e. The van der Waals surface area contributed by atoms with Gasteiger partial charge in [-0.15, -0.1) is 5.10 Å². The van der Waals surface area contributed by atoms with Crippen LogP contribution in [0.2, 0.25) is 0 Å². The van der Waals surface area contributed by atoms with E-state index in [0.717, 1.165) is 10.7 Å². The third kappa shape index (κ3) is 1.85. The van der Waals surface area contributed by atoms with Crippen molar-refractivity contribution in [2.75, 3.05) is 6.26 Å². The van der Waals surface area contributed by atoms with Crippen molar-refractivity contribution < 1.29 is 0 Å². The Morgan fingerprint density at radius 1 is 1.14 bits per heavy atom. The van der Waals surface area contributed by atoms with E-state index < -0.39 is 0 Å². The van der Waals surface area contributed by atoms with Gasteiger partial charge in [0.1, 0.15) is 0 Å². The molecule has 0 fully saturated rings. The maximum Gasteiger partial charge on any atom is 0.200 e. The number of thioether (sulfide) groups is 1. The molecule has 1 aliphatic rings. The quantitative estimate of drug-likeness (QED) is 0.706. The van der Waals surface area contributed by atoms with Crippen molar-refractivity contribution in [3.63, 3.8) is 0 Å². The molecule has 5 nitrogen and oxygen atoms in total. The Kier molecular flexibility index (Phi) is 2.64. The van der Waals surface area contributed by atoms with Crippen molar-refractivity contribution >= 4 is 22.8 Å². The molecule has 72 valence electrons. The Hall–Kier alpha value is -1.56. The normalized spacial score (nSPS) is 14.9. The summed E-state index contributed by atoms with van der Waals surface area (Å²) in [6, 6.07) is 3.74. The van der Waals surface area contributed by atoms with E-state index >= 15 is 0 Å². The Morgan fingerprint density at radius 3 is 2.50 bits per heavy atom. The molecule has 0 bridgehead atoms. The van der Waals surface area contributed by atoms with E-state index in [-0.39, 0.29) is 0 Å². The van der Waals surface area contributed by atoms with E-state index in [1.165, 1.54) is 11.8 Å². The summed E-state index contributed by atoms with van der Waals surface area (Å²) in [6.07, 6.45) is 5.36. The molecular weight excluding hydrogens is 198 g/mol. The average Bonchev–Trinajstić information content (AvgIpc) is 2.30. The summed E-state index contributed by atoms with van der Waals surface area (Å²) in [5.74, 6) is 0.699. The molecule has 0 atom stereocenters. The summed E-state index contributed by atoms with van der Waals surface area (Å²) in [5.41, 5.74) is 6.65. The summed E-state index contributed by atoms with van der Waals surface area (Å²) in [5, 5.41) is 8.95. The van der Waals surface area contributed by atoms with Gasteiger partial charge in [0.15, 0.2) is 5.84 Å². The molecule has 0 aliphatic carbocycles. The number of pyridine rings is 1. The van der Waals surface area contributed by atoms with E-state index in [4.69, 9.17) is 0 Å². The minimum atomic E-state index is 0.699. The van der Waals surface area contributed by atoms with Gasteiger partial charge in [0.25, 0.3) is 0 Å². The first kappa shape index (κ1) is 9.01. The highest BCUT2D eigenvalue weighted by Crippen LogP contribution is 2.02. The molecule has 0 unspecified atom stereocenters. The number of rotatable bonds is 1. The van der Waals surface area contributed by atoms with Crippen LogP contribution in [0.15, 0.2) is 34.7 Å². The zero-order chi connectivity index (χ0) is 9.80. The monoisotopic (exact) mass is 207 g/mol. The summed E-state index contributed by atoms with van der Waals surface area (Å²) >= 11 is 1.50. The predicted molar refractivity (Wildman–Crippen MR) is 58.0 cm³/mol. The third-order valence-corrected chi connectivity index (χ3v) is 2.24. The number of nitrogens with one attached hydrogen (secondary N) is 2. The largest absolute Gasteiger partial charge is 0.265 e. The van der Waals surface area contributed by atoms with Crippen LogP contribution in [0.3, 0.4) is 0 Å². The lowest BCUT2D eigenvalue weighted by Gasteiger charge is -2.12. The van der Waals surface area contributed by atoms with Crippen LogP contribution in [0.25, 0.3) is 0 Å². The average molecular weight is 207 g/mol. The van der Waals surface area contributed by atoms with Crippen LogP contribution >= 0.6 is 11.8 Å². The first-order chi connectivity index (χ1) is 6.90. The molecule has 1 aromatic rings. The second kappa shape index (κ2) is 4.10. The van der Waals surface area contributed by atoms with E-state index in [1.54, 1.807) is 12.4 Å². The van der Waals surface area contributed by atoms with Gasteiger partial charge in [0.05, 0.1) is 0 Å². The Morgan fingerprint density at radius 2 is 1.93 bits per heavy atom. The van der Waals surface area contributed by atoms with Crippen LogP contribution in [-0.4, -0.2) is 22.2 Å². The maximum atomic E-state index is 4.13. The number of amidine groups is 2. The van der Waals surface area contributed by atoms with Crippen LogP contribution in [0.5, 0.6) is 0 Å². The highest BCUT2D eigenvalue weighted by Gasteiger charge is 2.07. The summed E-state index contributed by atoms with van der Waals surface area (Å²) < 4.78 is 0. The van der Waals surface area contributed by atoms with Gasteiger partial charge in [-0.2, -0.15) is 5.10 Å². The van der Waals surface area contributed by atoms with Gasteiger partial charge < -0.3 is 0 Å². The van der Waals surface area contributed by atoms with Crippen LogP contribution in [-0.2, 0) is 0 Å². The standard InChI is InChI=1S/C8H9N5S/c1-14-8-12-10-7(11-13-8)6-2-4-9-5-3-6/h2-5H,1H3,(H,10,11)(H,12,13). The molecule has 0 spiro atoms. The molecule has 0 saturated heterocycles. The van der Waals surface area contributed by atoms with Crippen molar-refractivity contribution in [1.82, 2.24) is 15.8 Å². The van der Waals surface area contributed by atoms with E-state index in [2.05, 4.69) is 26.0 Å². The van der Waals surface area contributed by atoms with E-state index in [9.17, 15) is 0 Å². The summed E-state index contributed by atoms with van der Waals surface area (Å²) in [7, 11) is 0. The predicted octanol–water partition coefficient (Wildman–Crippen LogP) is 0.570. The smallest absolute Gasteiger partial charge is 0.200 e. The van der Waals surface area contributed by atoms with Crippen molar-refractivity contribution in [1.29, 1.82) is 0 Å². The molecule has 2 rings (SSSR count). The van der Waals surface area contributed by atoms with Gasteiger partial charge >= 0.3 is 0 Å². The van der Waals surface area contributed by atoms with Gasteiger partial charge in [0, 0.05) is 18.0 Å². The molecule has 0 radical (unpaired) electrons. The van der Waals surface area contributed by atoms with Crippen molar-refractivity contribution in [2.45, 2.75) is 0 Å². The molecule has 0 aromatic carbocycles. The third-order valence-electron chi connectivity index (χ3n) is 1.67. The zero-order valence-electron chi connectivity index (χ0n) is 7.56. The zero-order valence-corrected chi connectivity index (χ0v) is 8.38. The second-order valence-electron chi connectivity index (χ2n) is 2.54. The minimum absolute atomic E-state index is 0.699. The first-order valence-corrected chi connectivity index (χ1v) is 5.24. The Labute approximate surface area is 85.7 Å². The molecular formula is C8H9N5S. The van der Waals surface area contributed by atoms with E-state index in [0.29, 0.717) is 5.84 Å². The summed E-state index contributed by atoms with van der Waals surface area (Å²) in [6.45, 7) is 0. The lowest BCUT2D eigenvalue weighted by molar-refractivity contribution is 0.898. The molecule has 6 heteroatoms. The molecule has 14 heavy (non-hydrogen) atoms. The van der Waals surface area contributed by atoms with Crippen molar-refractivity contribution in [3.05, 3.63) is 30.1 Å². The fourth-order valence-corrected chi connectivity index (χ4v) is 1.26. The number of hydrazone groups is 2. The first-order valence-electron chi connectivity index (χ1n) is 4.02.